The Morgan fingerprint density at radius 1 is 1.11 bits per heavy atom. The van der Waals surface area contributed by atoms with Crippen LogP contribution in [0.2, 0.25) is 0 Å². The molecule has 5 heteroatoms. The van der Waals surface area contributed by atoms with E-state index in [9.17, 15) is 9.18 Å². The molecule has 1 aromatic heterocycles. The standard InChI is InChI=1S/C23H27FN2OS/c1-26(14-2-3-16-4-9-19(24)10-5-16)20-11-6-17(7-12-20)18-8-13-21-22(15-18)28-23(27)25-21/h4-5,8-10,13,15,17,20H,2-3,6-7,11-12,14H2,1H3,(H,25,27)/t17-,20-. The molecule has 1 aliphatic carbocycles. The number of aromatic amines is 1. The van der Waals surface area contributed by atoms with E-state index in [1.807, 2.05) is 12.1 Å². The zero-order valence-corrected chi connectivity index (χ0v) is 17.1. The number of aryl methyl sites for hydroxylation is 1. The summed E-state index contributed by atoms with van der Waals surface area (Å²) in [5.41, 5.74) is 3.54. The molecule has 148 valence electrons. The van der Waals surface area contributed by atoms with Gasteiger partial charge < -0.3 is 9.88 Å². The number of H-pyrrole nitrogens is 1. The predicted molar refractivity (Wildman–Crippen MR) is 115 cm³/mol. The SMILES string of the molecule is CN(CCCc1ccc(F)cc1)[C@H]1CC[C@H](c2ccc3[nH]c(=O)sc3c2)CC1. The Labute approximate surface area is 169 Å². The van der Waals surface area contributed by atoms with Crippen LogP contribution in [0.25, 0.3) is 10.2 Å². The third kappa shape index (κ3) is 4.53. The number of benzene rings is 2. The van der Waals surface area contributed by atoms with Crippen LogP contribution in [-0.2, 0) is 6.42 Å². The van der Waals surface area contributed by atoms with Gasteiger partial charge in [0.15, 0.2) is 0 Å². The highest BCUT2D eigenvalue weighted by molar-refractivity contribution is 7.16. The van der Waals surface area contributed by atoms with Gasteiger partial charge in [-0.2, -0.15) is 0 Å². The number of fused-ring (bicyclic) bond motifs is 1. The van der Waals surface area contributed by atoms with E-state index in [0.29, 0.717) is 12.0 Å². The summed E-state index contributed by atoms with van der Waals surface area (Å²) in [6, 6.07) is 14.0. The molecule has 28 heavy (non-hydrogen) atoms. The topological polar surface area (TPSA) is 36.1 Å². The van der Waals surface area contributed by atoms with Crippen molar-refractivity contribution in [1.82, 2.24) is 9.88 Å². The molecule has 0 saturated heterocycles. The lowest BCUT2D eigenvalue weighted by molar-refractivity contribution is 0.181. The molecular weight excluding hydrogens is 371 g/mol. The Morgan fingerprint density at radius 2 is 1.86 bits per heavy atom. The predicted octanol–water partition coefficient (Wildman–Crippen LogP) is 5.32. The fourth-order valence-corrected chi connectivity index (χ4v) is 5.22. The Hall–Kier alpha value is -1.98. The van der Waals surface area contributed by atoms with Gasteiger partial charge in [0.25, 0.3) is 0 Å². The van der Waals surface area contributed by atoms with Crippen molar-refractivity contribution in [1.29, 1.82) is 0 Å². The summed E-state index contributed by atoms with van der Waals surface area (Å²) in [4.78, 5) is 16.9. The minimum Gasteiger partial charge on any atom is -0.312 e. The molecule has 1 fully saturated rings. The maximum Gasteiger partial charge on any atom is 0.305 e. The lowest BCUT2D eigenvalue weighted by Crippen LogP contribution is -2.35. The first-order valence-corrected chi connectivity index (χ1v) is 11.0. The van der Waals surface area contributed by atoms with E-state index in [-0.39, 0.29) is 10.7 Å². The van der Waals surface area contributed by atoms with Gasteiger partial charge in [-0.15, -0.1) is 0 Å². The van der Waals surface area contributed by atoms with E-state index in [2.05, 4.69) is 35.1 Å². The monoisotopic (exact) mass is 398 g/mol. The summed E-state index contributed by atoms with van der Waals surface area (Å²) in [7, 11) is 2.24. The maximum absolute atomic E-state index is 13.0. The number of halogens is 1. The number of thiazole rings is 1. The molecular formula is C23H27FN2OS. The van der Waals surface area contributed by atoms with Crippen molar-refractivity contribution >= 4 is 21.6 Å². The molecule has 3 aromatic rings. The molecule has 0 atom stereocenters. The molecule has 2 aromatic carbocycles. The lowest BCUT2D eigenvalue weighted by atomic mass is 9.81. The van der Waals surface area contributed by atoms with E-state index in [1.165, 1.54) is 48.1 Å². The summed E-state index contributed by atoms with van der Waals surface area (Å²) >= 11 is 1.30. The van der Waals surface area contributed by atoms with Gasteiger partial charge in [0, 0.05) is 6.04 Å². The maximum atomic E-state index is 13.0. The molecule has 0 bridgehead atoms. The average molecular weight is 399 g/mol. The number of hydrogen-bond donors (Lipinski definition) is 1. The van der Waals surface area contributed by atoms with Gasteiger partial charge in [-0.1, -0.05) is 29.5 Å². The lowest BCUT2D eigenvalue weighted by Gasteiger charge is -2.35. The van der Waals surface area contributed by atoms with Crippen molar-refractivity contribution in [3.63, 3.8) is 0 Å². The Balaban J connectivity index is 1.26. The van der Waals surface area contributed by atoms with Gasteiger partial charge in [0.2, 0.25) is 0 Å². The number of hydrogen-bond acceptors (Lipinski definition) is 3. The molecule has 3 nitrogen and oxygen atoms in total. The quantitative estimate of drug-likeness (QED) is 0.610. The van der Waals surface area contributed by atoms with Crippen LogP contribution in [0.3, 0.4) is 0 Å². The van der Waals surface area contributed by atoms with E-state index in [0.717, 1.165) is 29.6 Å². The Kier molecular flexibility index (Phi) is 5.93. The van der Waals surface area contributed by atoms with Gasteiger partial charge >= 0.3 is 4.87 Å². The van der Waals surface area contributed by atoms with E-state index < -0.39 is 0 Å². The zero-order valence-electron chi connectivity index (χ0n) is 16.3. The molecule has 0 radical (unpaired) electrons. The Morgan fingerprint density at radius 3 is 2.61 bits per heavy atom. The molecule has 0 unspecified atom stereocenters. The van der Waals surface area contributed by atoms with Crippen molar-refractivity contribution in [2.45, 2.75) is 50.5 Å². The smallest absolute Gasteiger partial charge is 0.305 e. The molecule has 0 amide bonds. The van der Waals surface area contributed by atoms with E-state index in [4.69, 9.17) is 0 Å². The fourth-order valence-electron chi connectivity index (χ4n) is 4.43. The van der Waals surface area contributed by atoms with Crippen molar-refractivity contribution in [2.75, 3.05) is 13.6 Å². The van der Waals surface area contributed by atoms with E-state index in [1.54, 1.807) is 12.1 Å². The summed E-state index contributed by atoms with van der Waals surface area (Å²) < 4.78 is 14.1. The van der Waals surface area contributed by atoms with Crippen LogP contribution in [0.15, 0.2) is 47.3 Å². The minimum absolute atomic E-state index is 0.0260. The average Bonchev–Trinajstić information content (AvgIpc) is 3.08. The molecule has 1 heterocycles. The van der Waals surface area contributed by atoms with Gasteiger partial charge in [-0.05, 0) is 93.4 Å². The first-order valence-electron chi connectivity index (χ1n) is 10.2. The second-order valence-corrected chi connectivity index (χ2v) is 9.00. The highest BCUT2D eigenvalue weighted by Crippen LogP contribution is 2.35. The number of nitrogens with zero attached hydrogens (tertiary/aromatic N) is 1. The van der Waals surface area contributed by atoms with Crippen LogP contribution >= 0.6 is 11.3 Å². The third-order valence-corrected chi connectivity index (χ3v) is 6.97. The summed E-state index contributed by atoms with van der Waals surface area (Å²) in [6.45, 7) is 1.08. The second-order valence-electron chi connectivity index (χ2n) is 7.99. The molecule has 1 saturated carbocycles. The summed E-state index contributed by atoms with van der Waals surface area (Å²) in [6.07, 6.45) is 6.96. The highest BCUT2D eigenvalue weighted by Gasteiger charge is 2.25. The van der Waals surface area contributed by atoms with Crippen molar-refractivity contribution < 1.29 is 4.39 Å². The first-order chi connectivity index (χ1) is 13.6. The highest BCUT2D eigenvalue weighted by atomic mass is 32.1. The minimum atomic E-state index is -0.164. The van der Waals surface area contributed by atoms with Crippen LogP contribution in [0.4, 0.5) is 4.39 Å². The normalized spacial score (nSPS) is 20.1. The van der Waals surface area contributed by atoms with Crippen LogP contribution in [0.5, 0.6) is 0 Å². The van der Waals surface area contributed by atoms with Crippen molar-refractivity contribution in [3.05, 3.63) is 69.1 Å². The second kappa shape index (κ2) is 8.58. The van der Waals surface area contributed by atoms with Crippen LogP contribution in [0.1, 0.15) is 49.1 Å². The molecule has 1 N–H and O–H groups in total. The van der Waals surface area contributed by atoms with Crippen LogP contribution < -0.4 is 4.87 Å². The summed E-state index contributed by atoms with van der Waals surface area (Å²) in [5.74, 6) is 0.438. The number of rotatable bonds is 6. The molecule has 0 spiro atoms. The van der Waals surface area contributed by atoms with Gasteiger partial charge in [-0.25, -0.2) is 4.39 Å². The zero-order chi connectivity index (χ0) is 19.5. The number of nitrogens with one attached hydrogen (secondary N) is 1. The molecule has 0 aliphatic heterocycles. The van der Waals surface area contributed by atoms with Crippen molar-refractivity contribution in [2.24, 2.45) is 0 Å². The molecule has 4 rings (SSSR count). The van der Waals surface area contributed by atoms with Gasteiger partial charge in [0.1, 0.15) is 5.82 Å². The largest absolute Gasteiger partial charge is 0.312 e. The first kappa shape index (κ1) is 19.3. The van der Waals surface area contributed by atoms with Gasteiger partial charge in [-0.3, -0.25) is 4.79 Å². The third-order valence-electron chi connectivity index (χ3n) is 6.13. The molecule has 1 aliphatic rings. The van der Waals surface area contributed by atoms with E-state index >= 15 is 0 Å². The Bertz CT molecular complexity index is 970. The van der Waals surface area contributed by atoms with Crippen LogP contribution in [-0.4, -0.2) is 29.5 Å². The fraction of sp³-hybridized carbons (Fsp3) is 0.435. The number of aromatic nitrogens is 1. The summed E-state index contributed by atoms with van der Waals surface area (Å²) in [5, 5.41) is 0. The van der Waals surface area contributed by atoms with Crippen molar-refractivity contribution in [3.8, 4) is 0 Å². The van der Waals surface area contributed by atoms with Gasteiger partial charge in [0.05, 0.1) is 10.2 Å². The van der Waals surface area contributed by atoms with Crippen LogP contribution in [0, 0.1) is 5.82 Å².